The molecule has 0 saturated carbocycles. The molecule has 7 heteroatoms. The molecule has 0 aliphatic heterocycles. The van der Waals surface area contributed by atoms with Crippen LogP contribution < -0.4 is 19.5 Å². The van der Waals surface area contributed by atoms with Crippen molar-refractivity contribution >= 4 is 39.1 Å². The van der Waals surface area contributed by atoms with Crippen LogP contribution in [0.25, 0.3) is 0 Å². The molecule has 1 N–H and O–H groups in total. The fourth-order valence-electron chi connectivity index (χ4n) is 2.54. The second-order valence-corrected chi connectivity index (χ2v) is 7.18. The monoisotopic (exact) mass is 455 g/mol. The van der Waals surface area contributed by atoms with Gasteiger partial charge in [-0.3, -0.25) is 4.79 Å². The van der Waals surface area contributed by atoms with Crippen LogP contribution in [0.5, 0.6) is 17.2 Å². The smallest absolute Gasteiger partial charge is 0.224 e. The van der Waals surface area contributed by atoms with Gasteiger partial charge >= 0.3 is 0 Å². The Hall–Kier alpha value is -1.92. The van der Waals surface area contributed by atoms with Crippen LogP contribution in [0.2, 0.25) is 5.02 Å². The second kappa shape index (κ2) is 9.85. The lowest BCUT2D eigenvalue weighted by molar-refractivity contribution is -0.116. The Morgan fingerprint density at radius 2 is 1.89 bits per heavy atom. The highest BCUT2D eigenvalue weighted by atomic mass is 79.9. The third-order valence-corrected chi connectivity index (χ3v) is 5.62. The van der Waals surface area contributed by atoms with E-state index < -0.39 is 0 Å². The number of halogens is 2. The lowest BCUT2D eigenvalue weighted by atomic mass is 10.1. The minimum absolute atomic E-state index is 0.118. The number of nitrogens with one attached hydrogen (secondary N) is 1. The van der Waals surface area contributed by atoms with Crippen molar-refractivity contribution in [3.8, 4) is 17.2 Å². The zero-order chi connectivity index (χ0) is 20.0. The van der Waals surface area contributed by atoms with E-state index in [-0.39, 0.29) is 5.91 Å². The number of anilines is 1. The third-order valence-electron chi connectivity index (χ3n) is 4.06. The summed E-state index contributed by atoms with van der Waals surface area (Å²) in [7, 11) is 3.13. The summed E-state index contributed by atoms with van der Waals surface area (Å²) in [4.78, 5) is 12.2. The molecule has 1 amide bonds. The molecule has 0 aliphatic rings. The molecule has 146 valence electrons. The number of amides is 1. The Bertz CT molecular complexity index is 826. The number of carbonyl (C=O) groups excluding carboxylic acids is 1. The van der Waals surface area contributed by atoms with E-state index in [0.29, 0.717) is 36.6 Å². The number of hydrogen-bond donors (Lipinski definition) is 1. The van der Waals surface area contributed by atoms with Gasteiger partial charge in [-0.1, -0.05) is 11.6 Å². The van der Waals surface area contributed by atoms with E-state index in [9.17, 15) is 4.79 Å². The first-order valence-corrected chi connectivity index (χ1v) is 9.64. The Balaban J connectivity index is 1.89. The maximum atomic E-state index is 12.2. The van der Waals surface area contributed by atoms with Crippen molar-refractivity contribution in [1.82, 2.24) is 0 Å². The molecule has 0 fully saturated rings. The van der Waals surface area contributed by atoms with Gasteiger partial charge in [-0.05, 0) is 65.5 Å². The van der Waals surface area contributed by atoms with Crippen LogP contribution in [0.4, 0.5) is 5.69 Å². The summed E-state index contributed by atoms with van der Waals surface area (Å²) < 4.78 is 17.1. The molecule has 0 aromatic heterocycles. The Labute approximate surface area is 173 Å². The highest BCUT2D eigenvalue weighted by molar-refractivity contribution is 9.10. The van der Waals surface area contributed by atoms with Crippen molar-refractivity contribution in [2.75, 3.05) is 26.1 Å². The van der Waals surface area contributed by atoms with Crippen LogP contribution >= 0.6 is 27.5 Å². The van der Waals surface area contributed by atoms with Gasteiger partial charge in [0, 0.05) is 17.5 Å². The predicted molar refractivity (Wildman–Crippen MR) is 112 cm³/mol. The fraction of sp³-hybridized carbons (Fsp3) is 0.350. The van der Waals surface area contributed by atoms with Crippen molar-refractivity contribution in [3.05, 3.63) is 44.9 Å². The summed E-state index contributed by atoms with van der Waals surface area (Å²) >= 11 is 9.73. The normalized spacial score (nSPS) is 10.4. The van der Waals surface area contributed by atoms with Gasteiger partial charge in [0.25, 0.3) is 0 Å². The Kier molecular flexibility index (Phi) is 7.80. The van der Waals surface area contributed by atoms with Crippen LogP contribution in [0.1, 0.15) is 24.0 Å². The number of benzene rings is 2. The van der Waals surface area contributed by atoms with Gasteiger partial charge in [-0.15, -0.1) is 0 Å². The third kappa shape index (κ3) is 5.53. The molecule has 0 aliphatic carbocycles. The minimum Gasteiger partial charge on any atom is -0.497 e. The van der Waals surface area contributed by atoms with E-state index in [2.05, 4.69) is 21.2 Å². The second-order valence-electron chi connectivity index (χ2n) is 6.01. The lowest BCUT2D eigenvalue weighted by Crippen LogP contribution is -2.13. The van der Waals surface area contributed by atoms with Crippen molar-refractivity contribution in [2.45, 2.75) is 26.7 Å². The summed E-state index contributed by atoms with van der Waals surface area (Å²) in [5, 5.41) is 3.57. The fourth-order valence-corrected chi connectivity index (χ4v) is 3.23. The number of hydrogen-bond acceptors (Lipinski definition) is 4. The van der Waals surface area contributed by atoms with Gasteiger partial charge < -0.3 is 19.5 Å². The molecular weight excluding hydrogens is 434 g/mol. The van der Waals surface area contributed by atoms with Gasteiger partial charge in [-0.25, -0.2) is 0 Å². The van der Waals surface area contributed by atoms with Crippen LogP contribution in [-0.4, -0.2) is 26.7 Å². The average molecular weight is 457 g/mol. The van der Waals surface area contributed by atoms with E-state index in [1.54, 1.807) is 32.4 Å². The summed E-state index contributed by atoms with van der Waals surface area (Å²) in [5.41, 5.74) is 2.47. The molecule has 2 aromatic carbocycles. The minimum atomic E-state index is -0.118. The Morgan fingerprint density at radius 1 is 1.15 bits per heavy atom. The van der Waals surface area contributed by atoms with Crippen molar-refractivity contribution in [2.24, 2.45) is 0 Å². The highest BCUT2D eigenvalue weighted by Gasteiger charge is 2.12. The molecule has 0 heterocycles. The van der Waals surface area contributed by atoms with E-state index in [0.717, 1.165) is 26.4 Å². The molecule has 0 radical (unpaired) electrons. The summed E-state index contributed by atoms with van der Waals surface area (Å²) in [5.74, 6) is 1.83. The van der Waals surface area contributed by atoms with E-state index in [4.69, 9.17) is 25.8 Å². The first-order chi connectivity index (χ1) is 12.9. The maximum absolute atomic E-state index is 12.2. The number of ether oxygens (including phenoxy) is 3. The van der Waals surface area contributed by atoms with Gasteiger partial charge in [-0.2, -0.15) is 0 Å². The summed E-state index contributed by atoms with van der Waals surface area (Å²) in [6.45, 7) is 4.28. The first kappa shape index (κ1) is 21.4. The quantitative estimate of drug-likeness (QED) is 0.530. The van der Waals surface area contributed by atoms with Crippen LogP contribution in [0, 0.1) is 13.8 Å². The zero-order valence-corrected chi connectivity index (χ0v) is 18.2. The van der Waals surface area contributed by atoms with E-state index in [1.165, 1.54) is 0 Å². The lowest BCUT2D eigenvalue weighted by Gasteiger charge is -2.14. The molecule has 0 spiro atoms. The number of aryl methyl sites for hydroxylation is 1. The Morgan fingerprint density at radius 3 is 2.56 bits per heavy atom. The van der Waals surface area contributed by atoms with E-state index in [1.807, 2.05) is 19.9 Å². The molecular formula is C20H23BrClNO4. The highest BCUT2D eigenvalue weighted by Crippen LogP contribution is 2.35. The van der Waals surface area contributed by atoms with Crippen molar-refractivity contribution in [3.63, 3.8) is 0 Å². The number of rotatable bonds is 8. The van der Waals surface area contributed by atoms with Crippen molar-refractivity contribution in [1.29, 1.82) is 0 Å². The molecule has 27 heavy (non-hydrogen) atoms. The van der Waals surface area contributed by atoms with Crippen LogP contribution in [0.3, 0.4) is 0 Å². The predicted octanol–water partition coefficient (Wildman–Crippen LogP) is 5.53. The van der Waals surface area contributed by atoms with Gasteiger partial charge in [0.15, 0.2) is 0 Å². The largest absolute Gasteiger partial charge is 0.497 e. The topological polar surface area (TPSA) is 56.8 Å². The van der Waals surface area contributed by atoms with Gasteiger partial charge in [0.1, 0.15) is 17.2 Å². The molecule has 2 aromatic rings. The van der Waals surface area contributed by atoms with E-state index >= 15 is 0 Å². The van der Waals surface area contributed by atoms with Gasteiger partial charge in [0.05, 0.1) is 31.0 Å². The summed E-state index contributed by atoms with van der Waals surface area (Å²) in [6, 6.07) is 7.14. The number of carbonyl (C=O) groups is 1. The molecule has 0 unspecified atom stereocenters. The molecule has 0 atom stereocenters. The standard InChI is InChI=1S/C20H23BrClNO4/c1-12-10-17(19(21)13(2)20(12)22)27-9-5-6-18(24)23-15-11-14(25-3)7-8-16(15)26-4/h7-8,10-11H,5-6,9H2,1-4H3,(H,23,24). The van der Waals surface area contributed by atoms with Crippen LogP contribution in [-0.2, 0) is 4.79 Å². The molecule has 5 nitrogen and oxygen atoms in total. The zero-order valence-electron chi connectivity index (χ0n) is 15.8. The molecule has 0 bridgehead atoms. The van der Waals surface area contributed by atoms with Crippen molar-refractivity contribution < 1.29 is 19.0 Å². The summed E-state index contributed by atoms with van der Waals surface area (Å²) in [6.07, 6.45) is 0.898. The SMILES string of the molecule is COc1ccc(OC)c(NC(=O)CCCOc2cc(C)c(Cl)c(C)c2Br)c1. The average Bonchev–Trinajstić information content (AvgIpc) is 2.67. The molecule has 2 rings (SSSR count). The van der Waals surface area contributed by atoms with Gasteiger partial charge in [0.2, 0.25) is 5.91 Å². The van der Waals surface area contributed by atoms with Crippen LogP contribution in [0.15, 0.2) is 28.7 Å². The molecule has 0 saturated heterocycles. The maximum Gasteiger partial charge on any atom is 0.224 e. The first-order valence-electron chi connectivity index (χ1n) is 8.47. The number of methoxy groups -OCH3 is 2.